The molecule has 322 valence electrons. The number of hydrogen-bond donors (Lipinski definition) is 0. The van der Waals surface area contributed by atoms with Crippen LogP contribution in [0.25, 0.3) is 0 Å². The molecular formula is C51H88O5. The molecule has 0 rings (SSSR count). The van der Waals surface area contributed by atoms with Gasteiger partial charge in [0, 0.05) is 19.4 Å². The van der Waals surface area contributed by atoms with Crippen LogP contribution < -0.4 is 0 Å². The predicted molar refractivity (Wildman–Crippen MR) is 242 cm³/mol. The third-order valence-electron chi connectivity index (χ3n) is 9.71. The number of ether oxygens (including phenoxy) is 3. The van der Waals surface area contributed by atoms with Gasteiger partial charge in [-0.05, 0) is 77.0 Å². The van der Waals surface area contributed by atoms with Crippen molar-refractivity contribution in [3.05, 3.63) is 72.9 Å². The van der Waals surface area contributed by atoms with Gasteiger partial charge >= 0.3 is 11.9 Å². The molecule has 5 heteroatoms. The molecule has 0 amide bonds. The SMILES string of the molecule is CC/C=C\C/C=C\C/C=C\C/C=C\CCCOCC(COC(=O)CCCCCCC/C=C\C/C=C\CCC)OC(=O)CCCCCCCCCCCCCCC. The van der Waals surface area contributed by atoms with Gasteiger partial charge in [-0.3, -0.25) is 9.59 Å². The number of hydrogen-bond acceptors (Lipinski definition) is 5. The minimum absolute atomic E-state index is 0.0556. The van der Waals surface area contributed by atoms with E-state index in [2.05, 4.69) is 93.7 Å². The van der Waals surface area contributed by atoms with Gasteiger partial charge < -0.3 is 14.2 Å². The van der Waals surface area contributed by atoms with E-state index in [1.165, 1.54) is 89.9 Å². The molecule has 0 saturated carbocycles. The van der Waals surface area contributed by atoms with E-state index in [0.29, 0.717) is 19.4 Å². The van der Waals surface area contributed by atoms with Crippen molar-refractivity contribution in [2.45, 2.75) is 219 Å². The van der Waals surface area contributed by atoms with Crippen LogP contribution in [0.4, 0.5) is 0 Å². The molecule has 0 saturated heterocycles. The highest BCUT2D eigenvalue weighted by Crippen LogP contribution is 2.14. The van der Waals surface area contributed by atoms with Crippen LogP contribution in [0.3, 0.4) is 0 Å². The number of rotatable bonds is 42. The number of esters is 2. The highest BCUT2D eigenvalue weighted by Gasteiger charge is 2.17. The number of allylic oxidation sites excluding steroid dienone is 12. The smallest absolute Gasteiger partial charge is 0.306 e. The van der Waals surface area contributed by atoms with E-state index in [1.807, 2.05) is 0 Å². The summed E-state index contributed by atoms with van der Waals surface area (Å²) in [6.45, 7) is 7.50. The van der Waals surface area contributed by atoms with Crippen LogP contribution in [-0.2, 0) is 23.8 Å². The molecule has 0 bridgehead atoms. The molecule has 0 radical (unpaired) electrons. The van der Waals surface area contributed by atoms with Crippen LogP contribution in [0.1, 0.15) is 213 Å². The zero-order chi connectivity index (χ0) is 40.7. The summed E-state index contributed by atoms with van der Waals surface area (Å²) in [5.41, 5.74) is 0. The maximum atomic E-state index is 12.7. The van der Waals surface area contributed by atoms with Gasteiger partial charge in [-0.25, -0.2) is 0 Å². The summed E-state index contributed by atoms with van der Waals surface area (Å²) in [4.78, 5) is 25.3. The Morgan fingerprint density at radius 1 is 0.411 bits per heavy atom. The molecule has 56 heavy (non-hydrogen) atoms. The maximum Gasteiger partial charge on any atom is 0.306 e. The zero-order valence-corrected chi connectivity index (χ0v) is 36.9. The Morgan fingerprint density at radius 3 is 1.36 bits per heavy atom. The lowest BCUT2D eigenvalue weighted by Gasteiger charge is -2.18. The standard InChI is InChI=1S/C51H88O5/c1-4-7-10-13-16-19-22-25-28-31-34-37-40-43-46-54-47-49(56-51(53)45-42-39-36-33-30-27-24-21-18-15-12-9-6-3)48-55-50(52)44-41-38-35-32-29-26-23-20-17-14-11-8-5-2/h7,10-11,14,16,19-20,23,25,28,34,37,49H,4-6,8-9,12-13,15,17-18,21-22,24,26-27,29-33,35-36,38-48H2,1-3H3/b10-7-,14-11-,19-16-,23-20-,28-25-,37-34-. The van der Waals surface area contributed by atoms with Crippen molar-refractivity contribution in [1.82, 2.24) is 0 Å². The summed E-state index contributed by atoms with van der Waals surface area (Å²) in [7, 11) is 0. The molecule has 0 aromatic carbocycles. The Bertz CT molecular complexity index is 1020. The highest BCUT2D eigenvalue weighted by atomic mass is 16.6. The van der Waals surface area contributed by atoms with Gasteiger partial charge in [-0.1, -0.05) is 196 Å². The van der Waals surface area contributed by atoms with Crippen LogP contribution in [0.15, 0.2) is 72.9 Å². The third kappa shape index (κ3) is 44.1. The fourth-order valence-corrected chi connectivity index (χ4v) is 6.26. The molecule has 0 spiro atoms. The first-order valence-corrected chi connectivity index (χ1v) is 23.5. The molecule has 0 aromatic heterocycles. The molecule has 0 fully saturated rings. The van der Waals surface area contributed by atoms with Gasteiger partial charge in [0.1, 0.15) is 6.61 Å². The van der Waals surface area contributed by atoms with E-state index >= 15 is 0 Å². The normalized spacial score (nSPS) is 12.8. The molecule has 1 atom stereocenters. The fourth-order valence-electron chi connectivity index (χ4n) is 6.26. The van der Waals surface area contributed by atoms with Gasteiger partial charge in [0.2, 0.25) is 0 Å². The molecule has 0 aliphatic rings. The molecule has 0 N–H and O–H groups in total. The predicted octanol–water partition coefficient (Wildman–Crippen LogP) is 15.6. The lowest BCUT2D eigenvalue weighted by Crippen LogP contribution is -2.30. The molecular weight excluding hydrogens is 693 g/mol. The largest absolute Gasteiger partial charge is 0.462 e. The molecule has 0 aliphatic heterocycles. The second-order valence-corrected chi connectivity index (χ2v) is 15.3. The summed E-state index contributed by atoms with van der Waals surface area (Å²) in [5, 5.41) is 0. The number of carbonyl (C=O) groups excluding carboxylic acids is 2. The quantitative estimate of drug-likeness (QED) is 0.0351. The van der Waals surface area contributed by atoms with Gasteiger partial charge in [0.25, 0.3) is 0 Å². The molecule has 0 aromatic rings. The van der Waals surface area contributed by atoms with Crippen LogP contribution in [-0.4, -0.2) is 37.9 Å². The second-order valence-electron chi connectivity index (χ2n) is 15.3. The van der Waals surface area contributed by atoms with Crippen LogP contribution in [0.2, 0.25) is 0 Å². The first kappa shape index (κ1) is 53.3. The summed E-state index contributed by atoms with van der Waals surface area (Å²) in [6.07, 6.45) is 59.1. The summed E-state index contributed by atoms with van der Waals surface area (Å²) < 4.78 is 17.3. The van der Waals surface area contributed by atoms with E-state index in [0.717, 1.165) is 89.9 Å². The second kappa shape index (κ2) is 46.7. The monoisotopic (exact) mass is 781 g/mol. The van der Waals surface area contributed by atoms with E-state index in [4.69, 9.17) is 14.2 Å². The molecule has 1 unspecified atom stereocenters. The van der Waals surface area contributed by atoms with Gasteiger partial charge in [-0.2, -0.15) is 0 Å². The summed E-state index contributed by atoms with van der Waals surface area (Å²) in [5.74, 6) is -0.443. The van der Waals surface area contributed by atoms with Gasteiger partial charge in [0.05, 0.1) is 6.61 Å². The molecule has 0 aliphatic carbocycles. The Morgan fingerprint density at radius 2 is 0.839 bits per heavy atom. The first-order valence-electron chi connectivity index (χ1n) is 23.5. The number of unbranched alkanes of at least 4 members (excludes halogenated alkanes) is 19. The number of carbonyl (C=O) groups is 2. The van der Waals surface area contributed by atoms with Gasteiger partial charge in [0.15, 0.2) is 6.10 Å². The lowest BCUT2D eigenvalue weighted by molar-refractivity contribution is -0.163. The molecule has 5 nitrogen and oxygen atoms in total. The van der Waals surface area contributed by atoms with Gasteiger partial charge in [-0.15, -0.1) is 0 Å². The van der Waals surface area contributed by atoms with Crippen molar-refractivity contribution in [1.29, 1.82) is 0 Å². The first-order chi connectivity index (χ1) is 27.6. The van der Waals surface area contributed by atoms with E-state index < -0.39 is 6.10 Å². The van der Waals surface area contributed by atoms with Crippen molar-refractivity contribution in [2.24, 2.45) is 0 Å². The van der Waals surface area contributed by atoms with E-state index in [-0.39, 0.29) is 25.2 Å². The lowest BCUT2D eigenvalue weighted by atomic mass is 10.0. The highest BCUT2D eigenvalue weighted by molar-refractivity contribution is 5.70. The Balaban J connectivity index is 4.37. The molecule has 0 heterocycles. The Labute approximate surface area is 347 Å². The Kier molecular flexibility index (Phi) is 44.5. The summed E-state index contributed by atoms with van der Waals surface area (Å²) >= 11 is 0. The average Bonchev–Trinajstić information content (AvgIpc) is 3.20. The van der Waals surface area contributed by atoms with Crippen LogP contribution in [0, 0.1) is 0 Å². The van der Waals surface area contributed by atoms with Crippen molar-refractivity contribution >= 4 is 11.9 Å². The Hall–Kier alpha value is -2.66. The minimum Gasteiger partial charge on any atom is -0.462 e. The topological polar surface area (TPSA) is 61.8 Å². The minimum atomic E-state index is -0.569. The maximum absolute atomic E-state index is 12.7. The summed E-state index contributed by atoms with van der Waals surface area (Å²) in [6, 6.07) is 0. The van der Waals surface area contributed by atoms with Crippen molar-refractivity contribution in [3.8, 4) is 0 Å². The third-order valence-corrected chi connectivity index (χ3v) is 9.71. The van der Waals surface area contributed by atoms with E-state index in [9.17, 15) is 9.59 Å². The zero-order valence-electron chi connectivity index (χ0n) is 36.9. The van der Waals surface area contributed by atoms with Crippen LogP contribution >= 0.6 is 0 Å². The van der Waals surface area contributed by atoms with E-state index in [1.54, 1.807) is 0 Å². The average molecular weight is 781 g/mol. The van der Waals surface area contributed by atoms with Crippen molar-refractivity contribution in [3.63, 3.8) is 0 Å². The van der Waals surface area contributed by atoms with Crippen molar-refractivity contribution in [2.75, 3.05) is 19.8 Å². The fraction of sp³-hybridized carbons (Fsp3) is 0.725. The van der Waals surface area contributed by atoms with Crippen molar-refractivity contribution < 1.29 is 23.8 Å². The van der Waals surface area contributed by atoms with Crippen LogP contribution in [0.5, 0.6) is 0 Å².